The van der Waals surface area contributed by atoms with Crippen LogP contribution in [-0.2, 0) is 12.0 Å². The summed E-state index contributed by atoms with van der Waals surface area (Å²) in [6, 6.07) is 9.21. The zero-order valence-corrected chi connectivity index (χ0v) is 14.5. The predicted octanol–water partition coefficient (Wildman–Crippen LogP) is 4.77. The largest absolute Gasteiger partial charge is 0.304 e. The molecule has 4 heteroatoms. The normalized spacial score (nSPS) is 18.5. The van der Waals surface area contributed by atoms with Crippen LogP contribution in [0, 0.1) is 0 Å². The molecule has 1 aliphatic heterocycles. The Balaban J connectivity index is 1.68. The maximum absolute atomic E-state index is 4.77. The van der Waals surface area contributed by atoms with Gasteiger partial charge in [0, 0.05) is 28.3 Å². The molecule has 0 radical (unpaired) electrons. The highest BCUT2D eigenvalue weighted by Gasteiger charge is 2.21. The highest BCUT2D eigenvalue weighted by Crippen LogP contribution is 2.36. The fourth-order valence-corrected chi connectivity index (χ4v) is 4.55. The van der Waals surface area contributed by atoms with E-state index in [1.54, 1.807) is 11.3 Å². The molecule has 2 aromatic rings. The summed E-state index contributed by atoms with van der Waals surface area (Å²) in [6.45, 7) is 7.52. The van der Waals surface area contributed by atoms with E-state index in [-0.39, 0.29) is 5.41 Å². The van der Waals surface area contributed by atoms with Gasteiger partial charge in [-0.1, -0.05) is 39.0 Å². The summed E-state index contributed by atoms with van der Waals surface area (Å²) < 4.78 is 0. The molecule has 1 N–H and O–H groups in total. The van der Waals surface area contributed by atoms with Gasteiger partial charge in [0.15, 0.2) is 0 Å². The van der Waals surface area contributed by atoms with Crippen molar-refractivity contribution in [3.63, 3.8) is 0 Å². The number of nitrogens with zero attached hydrogens (tertiary/aromatic N) is 1. The summed E-state index contributed by atoms with van der Waals surface area (Å²) in [5.41, 5.74) is 2.76. The van der Waals surface area contributed by atoms with Gasteiger partial charge in [-0.2, -0.15) is 0 Å². The number of rotatable bonds is 3. The van der Waals surface area contributed by atoms with Crippen molar-refractivity contribution >= 4 is 23.1 Å². The van der Waals surface area contributed by atoms with Crippen LogP contribution in [0.15, 0.2) is 34.5 Å². The van der Waals surface area contributed by atoms with Crippen molar-refractivity contribution in [1.82, 2.24) is 10.3 Å². The minimum absolute atomic E-state index is 0.150. The molecule has 1 aromatic carbocycles. The van der Waals surface area contributed by atoms with Crippen LogP contribution in [0.5, 0.6) is 0 Å². The molecule has 0 saturated heterocycles. The van der Waals surface area contributed by atoms with Crippen molar-refractivity contribution in [3.8, 4) is 0 Å². The molecule has 2 heterocycles. The van der Waals surface area contributed by atoms with E-state index in [1.807, 2.05) is 11.8 Å². The molecule has 0 aliphatic carbocycles. The van der Waals surface area contributed by atoms with Gasteiger partial charge in [0.1, 0.15) is 0 Å². The van der Waals surface area contributed by atoms with Gasteiger partial charge in [0.2, 0.25) is 0 Å². The third-order valence-electron chi connectivity index (χ3n) is 3.68. The topological polar surface area (TPSA) is 24.9 Å². The fourth-order valence-electron chi connectivity index (χ4n) is 2.51. The average molecular weight is 319 g/mol. The number of nitrogens with one attached hydrogen (secondary N) is 1. The molecule has 2 nitrogen and oxygen atoms in total. The van der Waals surface area contributed by atoms with Crippen molar-refractivity contribution in [2.75, 3.05) is 5.75 Å². The average Bonchev–Trinajstić information content (AvgIpc) is 2.94. The van der Waals surface area contributed by atoms with Crippen LogP contribution in [0.2, 0.25) is 0 Å². The standard InChI is InChI=1S/C17H22N2S2/c1-17(2,3)16-19-12(11-21-16)10-18-14-8-9-20-15-7-5-4-6-13(14)15/h4-7,11,14,18H,8-10H2,1-3H3. The van der Waals surface area contributed by atoms with E-state index in [9.17, 15) is 0 Å². The smallest absolute Gasteiger partial charge is 0.0982 e. The van der Waals surface area contributed by atoms with E-state index in [2.05, 4.69) is 55.7 Å². The van der Waals surface area contributed by atoms with Crippen molar-refractivity contribution in [1.29, 1.82) is 0 Å². The van der Waals surface area contributed by atoms with Crippen LogP contribution in [0.3, 0.4) is 0 Å². The number of benzene rings is 1. The van der Waals surface area contributed by atoms with Crippen molar-refractivity contribution in [2.45, 2.75) is 50.1 Å². The summed E-state index contributed by atoms with van der Waals surface area (Å²) >= 11 is 3.74. The fraction of sp³-hybridized carbons (Fsp3) is 0.471. The van der Waals surface area contributed by atoms with Crippen molar-refractivity contribution < 1.29 is 0 Å². The SMILES string of the molecule is CC(C)(C)c1nc(CNC2CCSc3ccccc32)cs1. The number of thiazole rings is 1. The van der Waals surface area contributed by atoms with E-state index in [0.717, 1.165) is 6.54 Å². The molecule has 1 aliphatic rings. The minimum atomic E-state index is 0.150. The summed E-state index contributed by atoms with van der Waals surface area (Å²) in [5.74, 6) is 1.19. The van der Waals surface area contributed by atoms with Crippen LogP contribution in [0.4, 0.5) is 0 Å². The molecule has 1 atom stereocenters. The van der Waals surface area contributed by atoms with E-state index < -0.39 is 0 Å². The minimum Gasteiger partial charge on any atom is -0.304 e. The summed E-state index contributed by atoms with van der Waals surface area (Å²) in [6.07, 6.45) is 1.19. The Labute approximate surface area is 135 Å². The Bertz CT molecular complexity index is 613. The van der Waals surface area contributed by atoms with Crippen molar-refractivity contribution in [3.05, 3.63) is 45.9 Å². The zero-order chi connectivity index (χ0) is 14.9. The van der Waals surface area contributed by atoms with Gasteiger partial charge in [0.25, 0.3) is 0 Å². The van der Waals surface area contributed by atoms with Crippen LogP contribution in [0.25, 0.3) is 0 Å². The molecule has 0 fully saturated rings. The monoisotopic (exact) mass is 318 g/mol. The van der Waals surface area contributed by atoms with Gasteiger partial charge in [0.05, 0.1) is 10.7 Å². The van der Waals surface area contributed by atoms with Gasteiger partial charge < -0.3 is 5.32 Å². The van der Waals surface area contributed by atoms with Crippen LogP contribution in [0.1, 0.15) is 49.5 Å². The van der Waals surface area contributed by atoms with Gasteiger partial charge in [-0.05, 0) is 23.8 Å². The molecule has 0 bridgehead atoms. The first-order valence-corrected chi connectivity index (χ1v) is 9.30. The van der Waals surface area contributed by atoms with E-state index in [4.69, 9.17) is 4.98 Å². The Kier molecular flexibility index (Phi) is 4.38. The van der Waals surface area contributed by atoms with Gasteiger partial charge in [-0.15, -0.1) is 23.1 Å². The highest BCUT2D eigenvalue weighted by atomic mass is 32.2. The van der Waals surface area contributed by atoms with Crippen LogP contribution in [-0.4, -0.2) is 10.7 Å². The number of hydrogen-bond donors (Lipinski definition) is 1. The van der Waals surface area contributed by atoms with E-state index >= 15 is 0 Å². The molecule has 1 aromatic heterocycles. The molecule has 1 unspecified atom stereocenters. The second-order valence-corrected chi connectivity index (χ2v) is 8.50. The number of thioether (sulfide) groups is 1. The number of hydrogen-bond acceptors (Lipinski definition) is 4. The lowest BCUT2D eigenvalue weighted by Gasteiger charge is -2.25. The first kappa shape index (κ1) is 15.1. The lowest BCUT2D eigenvalue weighted by molar-refractivity contribution is 0.503. The lowest BCUT2D eigenvalue weighted by Crippen LogP contribution is -2.24. The van der Waals surface area contributed by atoms with Gasteiger partial charge in [-0.25, -0.2) is 4.98 Å². The highest BCUT2D eigenvalue weighted by molar-refractivity contribution is 7.99. The Morgan fingerprint density at radius 3 is 2.86 bits per heavy atom. The first-order valence-electron chi connectivity index (χ1n) is 7.44. The number of aromatic nitrogens is 1. The van der Waals surface area contributed by atoms with Gasteiger partial charge in [-0.3, -0.25) is 0 Å². The maximum atomic E-state index is 4.77. The third kappa shape index (κ3) is 3.50. The second-order valence-electron chi connectivity index (χ2n) is 6.50. The molecular weight excluding hydrogens is 296 g/mol. The van der Waals surface area contributed by atoms with Crippen molar-refractivity contribution in [2.24, 2.45) is 0 Å². The van der Waals surface area contributed by atoms with E-state index in [0.29, 0.717) is 6.04 Å². The summed E-state index contributed by atoms with van der Waals surface area (Å²) in [7, 11) is 0. The third-order valence-corrected chi connectivity index (χ3v) is 6.12. The quantitative estimate of drug-likeness (QED) is 0.882. The molecule has 0 amide bonds. The molecule has 112 valence electrons. The lowest BCUT2D eigenvalue weighted by atomic mass is 9.98. The summed E-state index contributed by atoms with van der Waals surface area (Å²) in [5, 5.41) is 7.10. The molecular formula is C17H22N2S2. The second kappa shape index (κ2) is 6.11. The molecule has 0 saturated carbocycles. The van der Waals surface area contributed by atoms with Crippen LogP contribution < -0.4 is 5.32 Å². The number of fused-ring (bicyclic) bond motifs is 1. The maximum Gasteiger partial charge on any atom is 0.0982 e. The zero-order valence-electron chi connectivity index (χ0n) is 12.8. The Morgan fingerprint density at radius 1 is 1.29 bits per heavy atom. The molecule has 21 heavy (non-hydrogen) atoms. The summed E-state index contributed by atoms with van der Waals surface area (Å²) in [4.78, 5) is 6.20. The molecule has 3 rings (SSSR count). The van der Waals surface area contributed by atoms with E-state index in [1.165, 1.54) is 33.3 Å². The Hall–Kier alpha value is -0.840. The van der Waals surface area contributed by atoms with Gasteiger partial charge >= 0.3 is 0 Å². The predicted molar refractivity (Wildman–Crippen MR) is 92.2 cm³/mol. The Morgan fingerprint density at radius 2 is 2.10 bits per heavy atom. The first-order chi connectivity index (χ1) is 10.0. The molecule has 0 spiro atoms. The van der Waals surface area contributed by atoms with Crippen LogP contribution >= 0.6 is 23.1 Å².